The monoisotopic (exact) mass is 471 g/mol. The Labute approximate surface area is 200 Å². The highest BCUT2D eigenvalue weighted by Gasteiger charge is 2.14. The molecule has 0 radical (unpaired) electrons. The number of Topliss-reactive ketones (excluding diaryl/α,β-unsaturated/α-hetero) is 1. The molecule has 0 amide bonds. The van der Waals surface area contributed by atoms with Crippen LogP contribution in [0.25, 0.3) is 33.3 Å². The Bertz CT molecular complexity index is 1550. The number of aryl methyl sites for hydroxylation is 1. The number of aromatic nitrogens is 5. The number of halogens is 1. The van der Waals surface area contributed by atoms with Gasteiger partial charge in [0.05, 0.1) is 31.0 Å². The molecule has 9 heteroatoms. The summed E-state index contributed by atoms with van der Waals surface area (Å²) in [6.45, 7) is 1.93. The lowest BCUT2D eigenvalue weighted by atomic mass is 10.0. The molecular weight excluding hydrogens is 449 g/mol. The van der Waals surface area contributed by atoms with Gasteiger partial charge in [-0.05, 0) is 42.8 Å². The van der Waals surface area contributed by atoms with Crippen LogP contribution in [0.4, 0.5) is 4.39 Å². The lowest BCUT2D eigenvalue weighted by Crippen LogP contribution is -2.12. The van der Waals surface area contributed by atoms with Gasteiger partial charge < -0.3 is 9.84 Å². The zero-order valence-electron chi connectivity index (χ0n) is 19.0. The smallest absolute Gasteiger partial charge is 0.188 e. The highest BCUT2D eigenvalue weighted by Crippen LogP contribution is 2.24. The topological polar surface area (TPSA) is 103 Å². The summed E-state index contributed by atoms with van der Waals surface area (Å²) in [4.78, 5) is 21.3. The SMILES string of the molecule is Cc1cc(-c2ccc3nnn(Cc4cc5cccnc5cc4F)c3n2)ccc1C(=O)COCCO. The molecule has 0 fully saturated rings. The molecule has 0 atom stereocenters. The number of aliphatic hydroxyl groups excluding tert-OH is 1. The third-order valence-corrected chi connectivity index (χ3v) is 5.74. The molecule has 2 aromatic carbocycles. The van der Waals surface area contributed by atoms with Crippen molar-refractivity contribution in [3.63, 3.8) is 0 Å². The van der Waals surface area contributed by atoms with E-state index >= 15 is 0 Å². The first kappa shape index (κ1) is 22.7. The van der Waals surface area contributed by atoms with Crippen LogP contribution in [0, 0.1) is 12.7 Å². The first-order valence-electron chi connectivity index (χ1n) is 11.1. The van der Waals surface area contributed by atoms with E-state index in [0.29, 0.717) is 33.5 Å². The Morgan fingerprint density at radius 3 is 2.83 bits per heavy atom. The van der Waals surface area contributed by atoms with Gasteiger partial charge in [-0.25, -0.2) is 14.1 Å². The van der Waals surface area contributed by atoms with Gasteiger partial charge in [0.15, 0.2) is 11.4 Å². The molecule has 8 nitrogen and oxygen atoms in total. The number of hydrogen-bond acceptors (Lipinski definition) is 7. The van der Waals surface area contributed by atoms with E-state index in [2.05, 4.69) is 15.3 Å². The summed E-state index contributed by atoms with van der Waals surface area (Å²) in [7, 11) is 0. The van der Waals surface area contributed by atoms with Crippen LogP contribution in [0.15, 0.2) is 60.8 Å². The normalized spacial score (nSPS) is 11.4. The Kier molecular flexibility index (Phi) is 6.26. The molecule has 0 saturated carbocycles. The maximum atomic E-state index is 14.7. The summed E-state index contributed by atoms with van der Waals surface area (Å²) < 4.78 is 21.4. The maximum Gasteiger partial charge on any atom is 0.188 e. The third kappa shape index (κ3) is 4.64. The van der Waals surface area contributed by atoms with Gasteiger partial charge in [-0.1, -0.05) is 23.4 Å². The predicted octanol–water partition coefficient (Wildman–Crippen LogP) is 3.73. The second-order valence-corrected chi connectivity index (χ2v) is 8.16. The average Bonchev–Trinajstić information content (AvgIpc) is 3.26. The van der Waals surface area contributed by atoms with Crippen LogP contribution in [-0.4, -0.2) is 55.7 Å². The Morgan fingerprint density at radius 1 is 1.11 bits per heavy atom. The minimum absolute atomic E-state index is 0.0861. The second-order valence-electron chi connectivity index (χ2n) is 8.16. The number of rotatable bonds is 8. The van der Waals surface area contributed by atoms with E-state index < -0.39 is 0 Å². The van der Waals surface area contributed by atoms with Crippen molar-refractivity contribution in [3.8, 4) is 11.3 Å². The molecule has 3 heterocycles. The Balaban J connectivity index is 1.44. The van der Waals surface area contributed by atoms with E-state index in [1.54, 1.807) is 23.0 Å². The molecule has 0 bridgehead atoms. The number of benzene rings is 2. The van der Waals surface area contributed by atoms with Crippen molar-refractivity contribution in [2.24, 2.45) is 0 Å². The highest BCUT2D eigenvalue weighted by molar-refractivity contribution is 5.99. The molecule has 0 aliphatic rings. The zero-order valence-corrected chi connectivity index (χ0v) is 19.0. The summed E-state index contributed by atoms with van der Waals surface area (Å²) in [6, 6.07) is 16.0. The van der Waals surface area contributed by atoms with Crippen molar-refractivity contribution < 1.29 is 19.0 Å². The number of aliphatic hydroxyl groups is 1. The minimum Gasteiger partial charge on any atom is -0.394 e. The van der Waals surface area contributed by atoms with Crippen molar-refractivity contribution in [1.29, 1.82) is 0 Å². The van der Waals surface area contributed by atoms with Crippen molar-refractivity contribution in [2.45, 2.75) is 13.5 Å². The molecule has 3 aromatic heterocycles. The minimum atomic E-state index is -0.366. The van der Waals surface area contributed by atoms with Crippen LogP contribution in [0.5, 0.6) is 0 Å². The van der Waals surface area contributed by atoms with Gasteiger partial charge >= 0.3 is 0 Å². The summed E-state index contributed by atoms with van der Waals surface area (Å²) in [5, 5.41) is 18.0. The Morgan fingerprint density at radius 2 is 2.00 bits per heavy atom. The molecule has 5 aromatic rings. The summed E-state index contributed by atoms with van der Waals surface area (Å²) in [6.07, 6.45) is 1.63. The standard InChI is InChI=1S/C26H22FN5O3/c1-16-11-18(4-5-20(16)25(34)15-35-10-9-33)22-6-7-23-26(29-22)32(31-30-23)14-19-12-17-3-2-8-28-24(17)13-21(19)27/h2-8,11-13,33H,9-10,14-15H2,1H3. The van der Waals surface area contributed by atoms with Gasteiger partial charge in [0.25, 0.3) is 0 Å². The van der Waals surface area contributed by atoms with E-state index in [0.717, 1.165) is 16.5 Å². The summed E-state index contributed by atoms with van der Waals surface area (Å²) >= 11 is 0. The zero-order chi connectivity index (χ0) is 24.4. The van der Waals surface area contributed by atoms with Gasteiger partial charge in [-0.2, -0.15) is 0 Å². The number of ketones is 1. The molecule has 0 spiro atoms. The van der Waals surface area contributed by atoms with Gasteiger partial charge in [0.1, 0.15) is 17.9 Å². The van der Waals surface area contributed by atoms with Crippen LogP contribution in [-0.2, 0) is 11.3 Å². The maximum absolute atomic E-state index is 14.7. The lowest BCUT2D eigenvalue weighted by Gasteiger charge is -2.09. The van der Waals surface area contributed by atoms with Crippen molar-refractivity contribution >= 4 is 27.9 Å². The van der Waals surface area contributed by atoms with E-state index in [4.69, 9.17) is 14.8 Å². The first-order chi connectivity index (χ1) is 17.0. The van der Waals surface area contributed by atoms with Gasteiger partial charge in [-0.3, -0.25) is 9.78 Å². The predicted molar refractivity (Wildman–Crippen MR) is 129 cm³/mol. The second kappa shape index (κ2) is 9.65. The lowest BCUT2D eigenvalue weighted by molar-refractivity contribution is 0.0663. The molecule has 0 aliphatic carbocycles. The van der Waals surface area contributed by atoms with Crippen LogP contribution < -0.4 is 0 Å². The van der Waals surface area contributed by atoms with Crippen molar-refractivity contribution in [3.05, 3.63) is 83.3 Å². The van der Waals surface area contributed by atoms with E-state index in [-0.39, 0.29) is 38.0 Å². The van der Waals surface area contributed by atoms with E-state index in [1.807, 2.05) is 43.3 Å². The fourth-order valence-electron chi connectivity index (χ4n) is 3.99. The van der Waals surface area contributed by atoms with Crippen LogP contribution >= 0.6 is 0 Å². The van der Waals surface area contributed by atoms with Gasteiger partial charge in [0, 0.05) is 34.3 Å². The molecular formula is C26H22FN5O3. The van der Waals surface area contributed by atoms with Gasteiger partial charge in [-0.15, -0.1) is 5.10 Å². The summed E-state index contributed by atoms with van der Waals surface area (Å²) in [5.74, 6) is -0.518. The molecule has 35 heavy (non-hydrogen) atoms. The molecule has 0 aliphatic heterocycles. The molecule has 5 rings (SSSR count). The molecule has 1 N–H and O–H groups in total. The largest absolute Gasteiger partial charge is 0.394 e. The average molecular weight is 471 g/mol. The van der Waals surface area contributed by atoms with E-state index in [1.165, 1.54) is 6.07 Å². The number of carbonyl (C=O) groups excluding carboxylic acids is 1. The number of hydrogen-bond donors (Lipinski definition) is 1. The number of fused-ring (bicyclic) bond motifs is 2. The van der Waals surface area contributed by atoms with Crippen LogP contribution in [0.3, 0.4) is 0 Å². The number of nitrogens with zero attached hydrogens (tertiary/aromatic N) is 5. The molecule has 0 saturated heterocycles. The van der Waals surface area contributed by atoms with Crippen LogP contribution in [0.2, 0.25) is 0 Å². The quantitative estimate of drug-likeness (QED) is 0.272. The molecule has 0 unspecified atom stereocenters. The molecule has 176 valence electrons. The van der Waals surface area contributed by atoms with Crippen LogP contribution in [0.1, 0.15) is 21.5 Å². The number of carbonyl (C=O) groups is 1. The van der Waals surface area contributed by atoms with E-state index in [9.17, 15) is 9.18 Å². The highest BCUT2D eigenvalue weighted by atomic mass is 19.1. The van der Waals surface area contributed by atoms with Crippen molar-refractivity contribution in [2.75, 3.05) is 19.8 Å². The number of pyridine rings is 2. The number of ether oxygens (including phenoxy) is 1. The Hall–Kier alpha value is -4.08. The fourth-order valence-corrected chi connectivity index (χ4v) is 3.99. The fraction of sp³-hybridized carbons (Fsp3) is 0.192. The first-order valence-corrected chi connectivity index (χ1v) is 11.1. The van der Waals surface area contributed by atoms with Crippen molar-refractivity contribution in [1.82, 2.24) is 25.0 Å². The summed E-state index contributed by atoms with van der Waals surface area (Å²) in [5.41, 5.74) is 5.04. The van der Waals surface area contributed by atoms with Gasteiger partial charge in [0.2, 0.25) is 0 Å². The third-order valence-electron chi connectivity index (χ3n) is 5.74.